The third kappa shape index (κ3) is 5.51. The molecule has 3 nitrogen and oxygen atoms in total. The summed E-state index contributed by atoms with van der Waals surface area (Å²) in [6.07, 6.45) is 6.33. The van der Waals surface area contributed by atoms with Crippen molar-refractivity contribution in [2.45, 2.75) is 44.6 Å². The number of carbonyl (C=O) groups is 1. The van der Waals surface area contributed by atoms with Crippen LogP contribution in [0.3, 0.4) is 0 Å². The van der Waals surface area contributed by atoms with Gasteiger partial charge in [0.2, 0.25) is 5.91 Å². The first-order valence-electron chi connectivity index (χ1n) is 7.48. The fraction of sp³-hybridized carbons (Fsp3) is 0.562. The van der Waals surface area contributed by atoms with Gasteiger partial charge in [-0.05, 0) is 43.5 Å². The first kappa shape index (κ1) is 15.3. The molecule has 0 heterocycles. The van der Waals surface area contributed by atoms with Crippen molar-refractivity contribution in [1.82, 2.24) is 10.6 Å². The minimum absolute atomic E-state index is 0.177. The Balaban J connectivity index is 1.52. The monoisotopic (exact) mass is 294 g/mol. The zero-order chi connectivity index (χ0) is 14.2. The first-order chi connectivity index (χ1) is 9.74. The van der Waals surface area contributed by atoms with Gasteiger partial charge in [-0.2, -0.15) is 0 Å². The standard InChI is InChI=1S/C16H23ClN2O/c17-14-7-5-13(6-8-14)9-11-18-12-10-16(20)19-15-3-1-2-4-15/h5-8,15,18H,1-4,9-12H2,(H,19,20). The lowest BCUT2D eigenvalue weighted by molar-refractivity contribution is -0.121. The summed E-state index contributed by atoms with van der Waals surface area (Å²) in [4.78, 5) is 11.7. The summed E-state index contributed by atoms with van der Waals surface area (Å²) < 4.78 is 0. The van der Waals surface area contributed by atoms with E-state index in [9.17, 15) is 4.79 Å². The summed E-state index contributed by atoms with van der Waals surface area (Å²) in [5, 5.41) is 7.18. The minimum atomic E-state index is 0.177. The lowest BCUT2D eigenvalue weighted by atomic mass is 10.1. The van der Waals surface area contributed by atoms with E-state index in [4.69, 9.17) is 11.6 Å². The van der Waals surface area contributed by atoms with Crippen molar-refractivity contribution in [2.75, 3.05) is 13.1 Å². The van der Waals surface area contributed by atoms with E-state index >= 15 is 0 Å². The summed E-state index contributed by atoms with van der Waals surface area (Å²) in [7, 11) is 0. The van der Waals surface area contributed by atoms with Crippen LogP contribution in [-0.2, 0) is 11.2 Å². The number of nitrogens with one attached hydrogen (secondary N) is 2. The molecule has 0 bridgehead atoms. The van der Waals surface area contributed by atoms with Crippen LogP contribution in [0.5, 0.6) is 0 Å². The zero-order valence-corrected chi connectivity index (χ0v) is 12.6. The molecular formula is C16H23ClN2O. The molecule has 0 unspecified atom stereocenters. The Morgan fingerprint density at radius 1 is 1.15 bits per heavy atom. The fourth-order valence-electron chi connectivity index (χ4n) is 2.58. The number of carbonyl (C=O) groups excluding carboxylic acids is 1. The number of amides is 1. The molecule has 4 heteroatoms. The van der Waals surface area contributed by atoms with Crippen molar-refractivity contribution in [3.8, 4) is 0 Å². The Morgan fingerprint density at radius 3 is 2.55 bits per heavy atom. The molecule has 1 aliphatic carbocycles. The maximum absolute atomic E-state index is 11.7. The van der Waals surface area contributed by atoms with Crippen LogP contribution in [0, 0.1) is 0 Å². The zero-order valence-electron chi connectivity index (χ0n) is 11.8. The number of hydrogen-bond acceptors (Lipinski definition) is 2. The van der Waals surface area contributed by atoms with E-state index in [1.807, 2.05) is 24.3 Å². The molecular weight excluding hydrogens is 272 g/mol. The predicted octanol–water partition coefficient (Wildman–Crippen LogP) is 2.92. The van der Waals surface area contributed by atoms with Gasteiger partial charge in [-0.1, -0.05) is 36.6 Å². The molecule has 110 valence electrons. The van der Waals surface area contributed by atoms with Gasteiger partial charge in [0, 0.05) is 24.0 Å². The van der Waals surface area contributed by atoms with E-state index in [0.29, 0.717) is 12.5 Å². The molecule has 0 saturated heterocycles. The SMILES string of the molecule is O=C(CCNCCc1ccc(Cl)cc1)NC1CCCC1. The van der Waals surface area contributed by atoms with Gasteiger partial charge >= 0.3 is 0 Å². The summed E-state index contributed by atoms with van der Waals surface area (Å²) in [5.74, 6) is 0.177. The van der Waals surface area contributed by atoms with Crippen LogP contribution >= 0.6 is 11.6 Å². The van der Waals surface area contributed by atoms with Crippen LogP contribution in [-0.4, -0.2) is 25.0 Å². The maximum Gasteiger partial charge on any atom is 0.221 e. The van der Waals surface area contributed by atoms with Gasteiger partial charge in [-0.25, -0.2) is 0 Å². The Hall–Kier alpha value is -1.06. The molecule has 0 aliphatic heterocycles. The average molecular weight is 295 g/mol. The second-order valence-corrected chi connectivity index (χ2v) is 5.86. The van der Waals surface area contributed by atoms with Crippen LogP contribution in [0.15, 0.2) is 24.3 Å². The largest absolute Gasteiger partial charge is 0.353 e. The van der Waals surface area contributed by atoms with Gasteiger partial charge in [0.25, 0.3) is 0 Å². The molecule has 2 N–H and O–H groups in total. The minimum Gasteiger partial charge on any atom is -0.353 e. The van der Waals surface area contributed by atoms with Crippen molar-refractivity contribution >= 4 is 17.5 Å². The highest BCUT2D eigenvalue weighted by Gasteiger charge is 2.16. The summed E-state index contributed by atoms with van der Waals surface area (Å²) in [6, 6.07) is 8.32. The highest BCUT2D eigenvalue weighted by molar-refractivity contribution is 6.30. The van der Waals surface area contributed by atoms with Gasteiger partial charge in [0.05, 0.1) is 0 Å². The lowest BCUT2D eigenvalue weighted by Crippen LogP contribution is -2.34. The molecule has 1 saturated carbocycles. The molecule has 1 aromatic rings. The van der Waals surface area contributed by atoms with Gasteiger partial charge in [0.1, 0.15) is 0 Å². The van der Waals surface area contributed by atoms with Crippen LogP contribution < -0.4 is 10.6 Å². The van der Waals surface area contributed by atoms with Crippen LogP contribution in [0.1, 0.15) is 37.7 Å². The quantitative estimate of drug-likeness (QED) is 0.759. The molecule has 1 amide bonds. The molecule has 0 aromatic heterocycles. The average Bonchev–Trinajstić information content (AvgIpc) is 2.93. The van der Waals surface area contributed by atoms with Crippen LogP contribution in [0.25, 0.3) is 0 Å². The third-order valence-corrected chi connectivity index (χ3v) is 4.00. The summed E-state index contributed by atoms with van der Waals surface area (Å²) >= 11 is 5.84. The van der Waals surface area contributed by atoms with Crippen molar-refractivity contribution in [2.24, 2.45) is 0 Å². The smallest absolute Gasteiger partial charge is 0.221 e. The van der Waals surface area contributed by atoms with Gasteiger partial charge in [0.15, 0.2) is 0 Å². The fourth-order valence-corrected chi connectivity index (χ4v) is 2.71. The van der Waals surface area contributed by atoms with E-state index in [1.54, 1.807) is 0 Å². The number of rotatable bonds is 7. The highest BCUT2D eigenvalue weighted by atomic mass is 35.5. The molecule has 1 fully saturated rings. The Labute approximate surface area is 126 Å². The van der Waals surface area contributed by atoms with Gasteiger partial charge < -0.3 is 10.6 Å². The number of hydrogen-bond donors (Lipinski definition) is 2. The predicted molar refractivity (Wildman–Crippen MR) is 83.0 cm³/mol. The molecule has 2 rings (SSSR count). The van der Waals surface area contributed by atoms with Crippen molar-refractivity contribution in [1.29, 1.82) is 0 Å². The van der Waals surface area contributed by atoms with E-state index in [1.165, 1.54) is 18.4 Å². The van der Waals surface area contributed by atoms with E-state index in [-0.39, 0.29) is 5.91 Å². The normalized spacial score (nSPS) is 15.4. The maximum atomic E-state index is 11.7. The van der Waals surface area contributed by atoms with Gasteiger partial charge in [-0.3, -0.25) is 4.79 Å². The molecule has 0 spiro atoms. The van der Waals surface area contributed by atoms with E-state index in [2.05, 4.69) is 10.6 Å². The second-order valence-electron chi connectivity index (χ2n) is 5.43. The molecule has 20 heavy (non-hydrogen) atoms. The highest BCUT2D eigenvalue weighted by Crippen LogP contribution is 2.17. The second kappa shape index (κ2) is 8.28. The Bertz CT molecular complexity index is 413. The van der Waals surface area contributed by atoms with Crippen LogP contribution in [0.2, 0.25) is 5.02 Å². The van der Waals surface area contributed by atoms with E-state index < -0.39 is 0 Å². The van der Waals surface area contributed by atoms with Gasteiger partial charge in [-0.15, -0.1) is 0 Å². The summed E-state index contributed by atoms with van der Waals surface area (Å²) in [5.41, 5.74) is 1.26. The third-order valence-electron chi connectivity index (χ3n) is 3.75. The molecule has 1 aliphatic rings. The number of halogens is 1. The summed E-state index contributed by atoms with van der Waals surface area (Å²) in [6.45, 7) is 1.63. The first-order valence-corrected chi connectivity index (χ1v) is 7.86. The molecule has 1 aromatic carbocycles. The van der Waals surface area contributed by atoms with Crippen molar-refractivity contribution in [3.63, 3.8) is 0 Å². The Morgan fingerprint density at radius 2 is 1.85 bits per heavy atom. The topological polar surface area (TPSA) is 41.1 Å². The number of benzene rings is 1. The van der Waals surface area contributed by atoms with Crippen LogP contribution in [0.4, 0.5) is 0 Å². The Kier molecular flexibility index (Phi) is 6.34. The van der Waals surface area contributed by atoms with E-state index in [0.717, 1.165) is 37.4 Å². The molecule has 0 radical (unpaired) electrons. The lowest BCUT2D eigenvalue weighted by Gasteiger charge is -2.12. The molecule has 0 atom stereocenters. The van der Waals surface area contributed by atoms with Crippen molar-refractivity contribution < 1.29 is 4.79 Å². The van der Waals surface area contributed by atoms with Crippen molar-refractivity contribution in [3.05, 3.63) is 34.9 Å².